The van der Waals surface area contributed by atoms with Crippen LogP contribution in [0.25, 0.3) is 0 Å². The first-order valence-electron chi connectivity index (χ1n) is 4.63. The van der Waals surface area contributed by atoms with Gasteiger partial charge in [-0.15, -0.1) is 0 Å². The Balaban J connectivity index is 2.02. The zero-order chi connectivity index (χ0) is 9.80. The van der Waals surface area contributed by atoms with Crippen LogP contribution in [0.2, 0.25) is 0 Å². The third-order valence-electron chi connectivity index (χ3n) is 2.24. The average Bonchev–Trinajstić information content (AvgIpc) is 2.69. The third kappa shape index (κ3) is 1.93. The Morgan fingerprint density at radius 2 is 2.21 bits per heavy atom. The van der Waals surface area contributed by atoms with E-state index < -0.39 is 0 Å². The lowest BCUT2D eigenvalue weighted by Crippen LogP contribution is -1.99. The summed E-state index contributed by atoms with van der Waals surface area (Å²) in [7, 11) is 0. The first-order chi connectivity index (χ1) is 6.86. The van der Waals surface area contributed by atoms with Gasteiger partial charge in [0.15, 0.2) is 0 Å². The normalized spacial score (nSPS) is 10.1. The number of hydrogen-bond donors (Lipinski definition) is 2. The van der Waals surface area contributed by atoms with Gasteiger partial charge in [0.25, 0.3) is 0 Å². The van der Waals surface area contributed by atoms with Gasteiger partial charge in [0.2, 0.25) is 0 Å². The van der Waals surface area contributed by atoms with Gasteiger partial charge in [-0.2, -0.15) is 5.10 Å². The van der Waals surface area contributed by atoms with E-state index in [9.17, 15) is 0 Å². The van der Waals surface area contributed by atoms with E-state index in [2.05, 4.69) is 46.7 Å². The number of nitrogens with one attached hydrogen (secondary N) is 2. The number of benzene rings is 1. The molecule has 0 aliphatic heterocycles. The predicted octanol–water partition coefficient (Wildman–Crippen LogP) is 2.33. The fourth-order valence-corrected chi connectivity index (χ4v) is 1.35. The van der Waals surface area contributed by atoms with E-state index in [0.717, 1.165) is 12.2 Å². The summed E-state index contributed by atoms with van der Waals surface area (Å²) in [6.45, 7) is 2.96. The molecule has 0 atom stereocenters. The van der Waals surface area contributed by atoms with Crippen LogP contribution in [0.4, 0.5) is 5.69 Å². The summed E-state index contributed by atoms with van der Waals surface area (Å²) >= 11 is 0. The van der Waals surface area contributed by atoms with E-state index in [-0.39, 0.29) is 0 Å². The number of hydrogen-bond acceptors (Lipinski definition) is 2. The molecular formula is C11H13N3. The molecule has 0 spiro atoms. The number of nitrogens with zero attached hydrogens (tertiary/aromatic N) is 1. The van der Waals surface area contributed by atoms with Gasteiger partial charge in [0, 0.05) is 12.7 Å². The van der Waals surface area contributed by atoms with E-state index in [1.54, 1.807) is 6.20 Å². The Bertz CT molecular complexity index is 393. The minimum Gasteiger partial charge on any atom is -0.378 e. The molecule has 0 saturated carbocycles. The summed E-state index contributed by atoms with van der Waals surface area (Å²) in [4.78, 5) is 0. The summed E-state index contributed by atoms with van der Waals surface area (Å²) in [5.74, 6) is 0. The Kier molecular flexibility index (Phi) is 2.49. The van der Waals surface area contributed by atoms with Crippen LogP contribution >= 0.6 is 0 Å². The highest BCUT2D eigenvalue weighted by atomic mass is 15.1. The maximum absolute atomic E-state index is 3.87. The smallest absolute Gasteiger partial charge is 0.0726 e. The van der Waals surface area contributed by atoms with Crippen molar-refractivity contribution in [1.82, 2.24) is 10.2 Å². The van der Waals surface area contributed by atoms with Crippen molar-refractivity contribution in [2.45, 2.75) is 13.5 Å². The van der Waals surface area contributed by atoms with Gasteiger partial charge in [-0.25, -0.2) is 0 Å². The molecule has 1 aromatic heterocycles. The van der Waals surface area contributed by atoms with Crippen LogP contribution in [-0.4, -0.2) is 10.2 Å². The molecule has 14 heavy (non-hydrogen) atoms. The standard InChI is InChI=1S/C11H13N3/c1-9-4-2-3-5-10(9)6-12-11-7-13-14-8-11/h2-5,7-8,12H,6H2,1H3,(H,13,14). The second-order valence-corrected chi connectivity index (χ2v) is 3.27. The molecular weight excluding hydrogens is 174 g/mol. The van der Waals surface area contributed by atoms with Crippen LogP contribution < -0.4 is 5.32 Å². The van der Waals surface area contributed by atoms with Crippen LogP contribution in [-0.2, 0) is 6.54 Å². The molecule has 2 aromatic rings. The number of rotatable bonds is 3. The fourth-order valence-electron chi connectivity index (χ4n) is 1.35. The highest BCUT2D eigenvalue weighted by Gasteiger charge is 1.96. The van der Waals surface area contributed by atoms with Crippen molar-refractivity contribution in [3.05, 3.63) is 47.8 Å². The monoisotopic (exact) mass is 187 g/mol. The van der Waals surface area contributed by atoms with Crippen LogP contribution in [0.1, 0.15) is 11.1 Å². The number of anilines is 1. The molecule has 1 aromatic carbocycles. The minimum absolute atomic E-state index is 0.839. The van der Waals surface area contributed by atoms with Crippen LogP contribution in [0, 0.1) is 6.92 Å². The highest BCUT2D eigenvalue weighted by molar-refractivity contribution is 5.39. The Labute approximate surface area is 83.2 Å². The van der Waals surface area contributed by atoms with Gasteiger partial charge in [-0.3, -0.25) is 5.10 Å². The molecule has 3 heteroatoms. The molecule has 1 heterocycles. The molecule has 72 valence electrons. The summed E-state index contributed by atoms with van der Waals surface area (Å²) < 4.78 is 0. The van der Waals surface area contributed by atoms with E-state index in [1.807, 2.05) is 6.20 Å². The quantitative estimate of drug-likeness (QED) is 0.774. The lowest BCUT2D eigenvalue weighted by Gasteiger charge is -2.06. The summed E-state index contributed by atoms with van der Waals surface area (Å²) in [6, 6.07) is 8.35. The van der Waals surface area contributed by atoms with E-state index in [0.29, 0.717) is 0 Å². The van der Waals surface area contributed by atoms with Crippen molar-refractivity contribution in [3.8, 4) is 0 Å². The predicted molar refractivity (Wildman–Crippen MR) is 57.1 cm³/mol. The Morgan fingerprint density at radius 3 is 2.93 bits per heavy atom. The molecule has 2 N–H and O–H groups in total. The molecule has 0 aliphatic carbocycles. The van der Waals surface area contributed by atoms with Crippen molar-refractivity contribution in [2.75, 3.05) is 5.32 Å². The second-order valence-electron chi connectivity index (χ2n) is 3.27. The van der Waals surface area contributed by atoms with Gasteiger partial charge >= 0.3 is 0 Å². The fraction of sp³-hybridized carbons (Fsp3) is 0.182. The maximum Gasteiger partial charge on any atom is 0.0726 e. The minimum atomic E-state index is 0.839. The molecule has 0 amide bonds. The van der Waals surface area contributed by atoms with Crippen molar-refractivity contribution in [2.24, 2.45) is 0 Å². The average molecular weight is 187 g/mol. The number of aromatic amines is 1. The molecule has 0 fully saturated rings. The largest absolute Gasteiger partial charge is 0.378 e. The van der Waals surface area contributed by atoms with E-state index >= 15 is 0 Å². The zero-order valence-electron chi connectivity index (χ0n) is 8.12. The first-order valence-corrected chi connectivity index (χ1v) is 4.63. The summed E-state index contributed by atoms with van der Waals surface area (Å²) in [5, 5.41) is 9.93. The first kappa shape index (κ1) is 8.81. The molecule has 0 saturated heterocycles. The van der Waals surface area contributed by atoms with E-state index in [4.69, 9.17) is 0 Å². The Morgan fingerprint density at radius 1 is 1.36 bits per heavy atom. The SMILES string of the molecule is Cc1ccccc1CNc1cn[nH]c1. The molecule has 0 aliphatic rings. The third-order valence-corrected chi connectivity index (χ3v) is 2.24. The summed E-state index contributed by atoms with van der Waals surface area (Å²) in [5.41, 5.74) is 3.64. The molecule has 0 bridgehead atoms. The Hall–Kier alpha value is -1.77. The van der Waals surface area contributed by atoms with E-state index in [1.165, 1.54) is 11.1 Å². The summed E-state index contributed by atoms with van der Waals surface area (Å²) in [6.07, 6.45) is 3.62. The molecule has 2 rings (SSSR count). The molecule has 0 radical (unpaired) electrons. The maximum atomic E-state index is 3.87. The van der Waals surface area contributed by atoms with Crippen molar-refractivity contribution >= 4 is 5.69 Å². The lowest BCUT2D eigenvalue weighted by molar-refractivity contribution is 1.09. The second kappa shape index (κ2) is 3.96. The van der Waals surface area contributed by atoms with Gasteiger partial charge in [0.1, 0.15) is 0 Å². The van der Waals surface area contributed by atoms with Crippen molar-refractivity contribution in [1.29, 1.82) is 0 Å². The van der Waals surface area contributed by atoms with Gasteiger partial charge < -0.3 is 5.32 Å². The molecule has 0 unspecified atom stereocenters. The number of aromatic nitrogens is 2. The number of aryl methyl sites for hydroxylation is 1. The van der Waals surface area contributed by atoms with Crippen molar-refractivity contribution in [3.63, 3.8) is 0 Å². The zero-order valence-corrected chi connectivity index (χ0v) is 8.12. The topological polar surface area (TPSA) is 40.7 Å². The van der Waals surface area contributed by atoms with Gasteiger partial charge in [0.05, 0.1) is 11.9 Å². The van der Waals surface area contributed by atoms with Gasteiger partial charge in [-0.1, -0.05) is 24.3 Å². The van der Waals surface area contributed by atoms with Crippen molar-refractivity contribution < 1.29 is 0 Å². The van der Waals surface area contributed by atoms with Crippen LogP contribution in [0.5, 0.6) is 0 Å². The van der Waals surface area contributed by atoms with Gasteiger partial charge in [-0.05, 0) is 18.1 Å². The number of H-pyrrole nitrogens is 1. The molecule has 3 nitrogen and oxygen atoms in total. The lowest BCUT2D eigenvalue weighted by atomic mass is 10.1. The highest BCUT2D eigenvalue weighted by Crippen LogP contribution is 2.09. The van der Waals surface area contributed by atoms with Crippen LogP contribution in [0.3, 0.4) is 0 Å². The van der Waals surface area contributed by atoms with Crippen LogP contribution in [0.15, 0.2) is 36.7 Å².